The van der Waals surface area contributed by atoms with Crippen molar-refractivity contribution in [1.82, 2.24) is 0 Å². The predicted molar refractivity (Wildman–Crippen MR) is 158 cm³/mol. The Morgan fingerprint density at radius 1 is 0.500 bits per heavy atom. The van der Waals surface area contributed by atoms with Crippen LogP contribution < -0.4 is 5.32 Å². The summed E-state index contributed by atoms with van der Waals surface area (Å²) in [6, 6.07) is 27.0. The highest BCUT2D eigenvalue weighted by molar-refractivity contribution is 5.83. The summed E-state index contributed by atoms with van der Waals surface area (Å²) < 4.78 is 0. The van der Waals surface area contributed by atoms with Crippen molar-refractivity contribution in [2.75, 3.05) is 5.32 Å². The molecule has 0 fully saturated rings. The van der Waals surface area contributed by atoms with Gasteiger partial charge in [0.25, 0.3) is 0 Å². The van der Waals surface area contributed by atoms with Gasteiger partial charge in [0, 0.05) is 16.8 Å². The van der Waals surface area contributed by atoms with Crippen LogP contribution in [0.5, 0.6) is 0 Å². The molecule has 0 radical (unpaired) electrons. The number of fused-ring (bicyclic) bond motifs is 3. The van der Waals surface area contributed by atoms with E-state index in [1.54, 1.807) is 11.1 Å². The monoisotopic (exact) mass is 481 g/mol. The Balaban J connectivity index is 1.61. The molecule has 0 spiro atoms. The van der Waals surface area contributed by atoms with Crippen LogP contribution in [0.1, 0.15) is 115 Å². The zero-order valence-corrected chi connectivity index (χ0v) is 22.8. The Labute approximate surface area is 220 Å². The highest BCUT2D eigenvalue weighted by atomic mass is 14.9. The molecule has 0 atom stereocenters. The lowest BCUT2D eigenvalue weighted by Gasteiger charge is -2.33. The molecule has 192 valence electrons. The third-order valence-electron chi connectivity index (χ3n) is 8.24. The van der Waals surface area contributed by atoms with E-state index >= 15 is 0 Å². The average Bonchev–Trinajstić information content (AvgIpc) is 3.18. The predicted octanol–water partition coefficient (Wildman–Crippen LogP) is 11.2. The molecule has 0 bridgehead atoms. The minimum absolute atomic E-state index is 0.149. The number of rotatable bonds is 16. The molecule has 0 unspecified atom stereocenters. The molecular formula is C35H47N. The maximum absolute atomic E-state index is 3.68. The number of unbranched alkanes of at least 4 members (excludes halogenated alkanes) is 10. The molecule has 1 nitrogen and oxygen atoms in total. The highest BCUT2D eigenvalue weighted by Gasteiger charge is 2.42. The zero-order valence-electron chi connectivity index (χ0n) is 22.8. The summed E-state index contributed by atoms with van der Waals surface area (Å²) in [5.41, 5.74) is 8.59. The summed E-state index contributed by atoms with van der Waals surface area (Å²) in [7, 11) is 0. The maximum atomic E-state index is 3.68. The molecule has 1 aliphatic rings. The lowest BCUT2D eigenvalue weighted by Crippen LogP contribution is -2.25. The van der Waals surface area contributed by atoms with Crippen LogP contribution in [0.25, 0.3) is 11.1 Å². The van der Waals surface area contributed by atoms with Gasteiger partial charge >= 0.3 is 0 Å². The van der Waals surface area contributed by atoms with Crippen molar-refractivity contribution in [1.29, 1.82) is 0 Å². The minimum atomic E-state index is 0.149. The van der Waals surface area contributed by atoms with Crippen molar-refractivity contribution in [3.8, 4) is 11.1 Å². The van der Waals surface area contributed by atoms with Gasteiger partial charge in [0.05, 0.1) is 0 Å². The Kier molecular flexibility index (Phi) is 10.1. The van der Waals surface area contributed by atoms with Gasteiger partial charge in [0.2, 0.25) is 0 Å². The summed E-state index contributed by atoms with van der Waals surface area (Å²) in [6.45, 7) is 4.62. The molecule has 36 heavy (non-hydrogen) atoms. The number of hydrogen-bond donors (Lipinski definition) is 1. The van der Waals surface area contributed by atoms with Crippen LogP contribution in [0.3, 0.4) is 0 Å². The zero-order chi connectivity index (χ0) is 25.1. The van der Waals surface area contributed by atoms with E-state index in [1.807, 2.05) is 0 Å². The van der Waals surface area contributed by atoms with Crippen molar-refractivity contribution in [3.63, 3.8) is 0 Å². The molecule has 0 saturated carbocycles. The standard InChI is InChI=1S/C35H47N/c1-3-5-7-9-11-18-26-35(27-19-12-10-8-6-4-2)33-23-17-16-22-31(33)32-25-24-30(28-34(32)35)36-29-20-14-13-15-21-29/h13-17,20-25,28,36H,3-12,18-19,26-27H2,1-2H3. The minimum Gasteiger partial charge on any atom is -0.356 e. The second-order valence-corrected chi connectivity index (χ2v) is 10.9. The lowest BCUT2D eigenvalue weighted by atomic mass is 9.70. The van der Waals surface area contributed by atoms with Gasteiger partial charge in [-0.2, -0.15) is 0 Å². The molecule has 0 saturated heterocycles. The third kappa shape index (κ3) is 6.41. The second-order valence-electron chi connectivity index (χ2n) is 10.9. The van der Waals surface area contributed by atoms with E-state index in [9.17, 15) is 0 Å². The van der Waals surface area contributed by atoms with Gasteiger partial charge in [0.15, 0.2) is 0 Å². The number of benzene rings is 3. The molecule has 3 aromatic rings. The number of para-hydroxylation sites is 1. The largest absolute Gasteiger partial charge is 0.356 e. The Morgan fingerprint density at radius 2 is 1.06 bits per heavy atom. The van der Waals surface area contributed by atoms with E-state index in [0.717, 1.165) is 5.69 Å². The van der Waals surface area contributed by atoms with Gasteiger partial charge in [-0.1, -0.05) is 139 Å². The Morgan fingerprint density at radius 3 is 1.72 bits per heavy atom. The molecule has 1 heteroatoms. The number of anilines is 2. The van der Waals surface area contributed by atoms with Gasteiger partial charge in [-0.05, 0) is 59.4 Å². The molecule has 1 aliphatic carbocycles. The molecule has 0 amide bonds. The van der Waals surface area contributed by atoms with Crippen molar-refractivity contribution in [2.24, 2.45) is 0 Å². The first kappa shape index (κ1) is 26.5. The van der Waals surface area contributed by atoms with E-state index in [1.165, 1.54) is 107 Å². The topological polar surface area (TPSA) is 12.0 Å². The first-order valence-corrected chi connectivity index (χ1v) is 14.8. The van der Waals surface area contributed by atoms with E-state index in [-0.39, 0.29) is 5.41 Å². The lowest BCUT2D eigenvalue weighted by molar-refractivity contribution is 0.398. The summed E-state index contributed by atoms with van der Waals surface area (Å²) in [6.07, 6.45) is 18.8. The van der Waals surface area contributed by atoms with Crippen molar-refractivity contribution < 1.29 is 0 Å². The van der Waals surface area contributed by atoms with Crippen LogP contribution in [-0.4, -0.2) is 0 Å². The van der Waals surface area contributed by atoms with Crippen LogP contribution in [0.2, 0.25) is 0 Å². The van der Waals surface area contributed by atoms with Crippen molar-refractivity contribution >= 4 is 11.4 Å². The second kappa shape index (κ2) is 13.7. The Bertz CT molecular complexity index is 1040. The molecule has 1 N–H and O–H groups in total. The Hall–Kier alpha value is -2.54. The fraction of sp³-hybridized carbons (Fsp3) is 0.486. The van der Waals surface area contributed by atoms with Crippen LogP contribution in [0.4, 0.5) is 11.4 Å². The van der Waals surface area contributed by atoms with Crippen molar-refractivity contribution in [3.05, 3.63) is 83.9 Å². The normalized spacial score (nSPS) is 13.4. The quantitative estimate of drug-likeness (QED) is 0.201. The van der Waals surface area contributed by atoms with E-state index in [4.69, 9.17) is 0 Å². The van der Waals surface area contributed by atoms with E-state index in [0.29, 0.717) is 0 Å². The molecule has 0 aliphatic heterocycles. The number of hydrogen-bond acceptors (Lipinski definition) is 1. The van der Waals surface area contributed by atoms with Gasteiger partial charge in [-0.3, -0.25) is 0 Å². The van der Waals surface area contributed by atoms with Crippen LogP contribution in [0, 0.1) is 0 Å². The molecule has 3 aromatic carbocycles. The van der Waals surface area contributed by atoms with Gasteiger partial charge in [0.1, 0.15) is 0 Å². The first-order chi connectivity index (χ1) is 17.8. The average molecular weight is 482 g/mol. The van der Waals surface area contributed by atoms with E-state index < -0.39 is 0 Å². The van der Waals surface area contributed by atoms with Gasteiger partial charge < -0.3 is 5.32 Å². The first-order valence-electron chi connectivity index (χ1n) is 14.8. The summed E-state index contributed by atoms with van der Waals surface area (Å²) in [5, 5.41) is 3.68. The fourth-order valence-corrected chi connectivity index (χ4v) is 6.30. The van der Waals surface area contributed by atoms with Crippen molar-refractivity contribution in [2.45, 2.75) is 109 Å². The third-order valence-corrected chi connectivity index (χ3v) is 8.24. The fourth-order valence-electron chi connectivity index (χ4n) is 6.30. The summed E-state index contributed by atoms with van der Waals surface area (Å²) in [4.78, 5) is 0. The molecule has 4 rings (SSSR count). The maximum Gasteiger partial charge on any atom is 0.0387 e. The van der Waals surface area contributed by atoms with Crippen LogP contribution in [0.15, 0.2) is 72.8 Å². The number of nitrogens with one attached hydrogen (secondary N) is 1. The van der Waals surface area contributed by atoms with Crippen LogP contribution in [-0.2, 0) is 5.41 Å². The summed E-state index contributed by atoms with van der Waals surface area (Å²) in [5.74, 6) is 0. The molecular weight excluding hydrogens is 434 g/mol. The van der Waals surface area contributed by atoms with E-state index in [2.05, 4.69) is 92.0 Å². The van der Waals surface area contributed by atoms with Gasteiger partial charge in [-0.25, -0.2) is 0 Å². The molecule has 0 heterocycles. The van der Waals surface area contributed by atoms with Crippen LogP contribution >= 0.6 is 0 Å². The smallest absolute Gasteiger partial charge is 0.0387 e. The van der Waals surface area contributed by atoms with Gasteiger partial charge in [-0.15, -0.1) is 0 Å². The summed E-state index contributed by atoms with van der Waals surface area (Å²) >= 11 is 0. The molecule has 0 aromatic heterocycles. The SMILES string of the molecule is CCCCCCCCC1(CCCCCCCC)c2ccccc2-c2ccc(Nc3ccccc3)cc21. The highest BCUT2D eigenvalue weighted by Crippen LogP contribution is 2.54.